The first-order chi connectivity index (χ1) is 11.4. The predicted molar refractivity (Wildman–Crippen MR) is 98.9 cm³/mol. The van der Waals surface area contributed by atoms with Gasteiger partial charge >= 0.3 is 0 Å². The average molecular weight is 345 g/mol. The highest BCUT2D eigenvalue weighted by atomic mass is 32.2. The van der Waals surface area contributed by atoms with Crippen LogP contribution in [0, 0.1) is 0 Å². The molecule has 1 aliphatic heterocycles. The number of carbonyl (C=O) groups excluding carboxylic acids is 1. The van der Waals surface area contributed by atoms with Crippen LogP contribution in [0.5, 0.6) is 0 Å². The van der Waals surface area contributed by atoms with Crippen LogP contribution < -0.4 is 10.9 Å². The Kier molecular flexibility index (Phi) is 4.58. The van der Waals surface area contributed by atoms with Gasteiger partial charge in [0.25, 0.3) is 5.56 Å². The monoisotopic (exact) mass is 345 g/mol. The number of H-pyrrole nitrogens is 1. The molecule has 0 fully saturated rings. The maximum Gasteiger partial charge on any atom is 0.270 e. The first-order valence-electron chi connectivity index (χ1n) is 8.24. The van der Waals surface area contributed by atoms with Crippen LogP contribution in [0.25, 0.3) is 0 Å². The topological polar surface area (TPSA) is 66.9 Å². The molecule has 24 heavy (non-hydrogen) atoms. The number of nitrogens with one attached hydrogen (secondary N) is 2. The highest BCUT2D eigenvalue weighted by molar-refractivity contribution is 8.00. The molecule has 0 saturated heterocycles. The maximum atomic E-state index is 12.6. The third kappa shape index (κ3) is 3.02. The Bertz CT molecular complexity index is 803. The van der Waals surface area contributed by atoms with E-state index in [-0.39, 0.29) is 22.8 Å². The molecule has 3 rings (SSSR count). The lowest BCUT2D eigenvalue weighted by molar-refractivity contribution is -0.113. The van der Waals surface area contributed by atoms with Gasteiger partial charge in [-0.15, -0.1) is 11.8 Å². The molecule has 6 heteroatoms. The Morgan fingerprint density at radius 1 is 1.12 bits per heavy atom. The van der Waals surface area contributed by atoms with E-state index in [1.54, 1.807) is 4.68 Å². The van der Waals surface area contributed by atoms with E-state index < -0.39 is 0 Å². The van der Waals surface area contributed by atoms with Gasteiger partial charge in [-0.2, -0.15) is 0 Å². The van der Waals surface area contributed by atoms with Crippen molar-refractivity contribution in [2.45, 2.75) is 44.9 Å². The number of benzene rings is 1. The summed E-state index contributed by atoms with van der Waals surface area (Å²) in [4.78, 5) is 24.7. The van der Waals surface area contributed by atoms with Crippen molar-refractivity contribution < 1.29 is 4.79 Å². The number of hydrogen-bond acceptors (Lipinski definition) is 3. The van der Waals surface area contributed by atoms with Crippen molar-refractivity contribution in [3.05, 3.63) is 51.3 Å². The first kappa shape index (κ1) is 16.9. The first-order valence-corrected chi connectivity index (χ1v) is 9.29. The van der Waals surface area contributed by atoms with Crippen molar-refractivity contribution in [2.75, 3.05) is 11.1 Å². The summed E-state index contributed by atoms with van der Waals surface area (Å²) in [5.41, 5.74) is 2.82. The SMILES string of the molecule is CC(C)c1ccc([C@@H]2SCC(=O)Nc3c2c(=O)[nH]n3C(C)C)cc1. The highest BCUT2D eigenvalue weighted by Crippen LogP contribution is 2.40. The number of aromatic amines is 1. The van der Waals surface area contributed by atoms with Crippen LogP contribution in [0.15, 0.2) is 29.1 Å². The molecule has 2 aromatic rings. The fourth-order valence-corrected chi connectivity index (χ4v) is 4.08. The largest absolute Gasteiger partial charge is 0.310 e. The van der Waals surface area contributed by atoms with E-state index in [0.29, 0.717) is 23.1 Å². The van der Waals surface area contributed by atoms with Crippen molar-refractivity contribution in [2.24, 2.45) is 0 Å². The van der Waals surface area contributed by atoms with Crippen molar-refractivity contribution in [3.8, 4) is 0 Å². The van der Waals surface area contributed by atoms with Gasteiger partial charge in [0.05, 0.1) is 16.6 Å². The van der Waals surface area contributed by atoms with Gasteiger partial charge < -0.3 is 5.32 Å². The lowest BCUT2D eigenvalue weighted by Crippen LogP contribution is -2.17. The third-order valence-corrected chi connectivity index (χ3v) is 5.56. The van der Waals surface area contributed by atoms with E-state index in [4.69, 9.17) is 0 Å². The Labute approximate surface area is 145 Å². The van der Waals surface area contributed by atoms with Crippen molar-refractivity contribution in [1.29, 1.82) is 0 Å². The maximum absolute atomic E-state index is 12.6. The molecule has 1 aromatic heterocycles. The molecule has 128 valence electrons. The number of fused-ring (bicyclic) bond motifs is 1. The summed E-state index contributed by atoms with van der Waals surface area (Å²) in [7, 11) is 0. The van der Waals surface area contributed by atoms with Gasteiger partial charge in [0.15, 0.2) is 0 Å². The molecule has 0 radical (unpaired) electrons. The number of anilines is 1. The van der Waals surface area contributed by atoms with E-state index in [1.807, 2.05) is 13.8 Å². The zero-order valence-corrected chi connectivity index (χ0v) is 15.2. The number of aromatic nitrogens is 2. The number of carbonyl (C=O) groups is 1. The van der Waals surface area contributed by atoms with E-state index >= 15 is 0 Å². The second-order valence-electron chi connectivity index (χ2n) is 6.73. The normalized spacial score (nSPS) is 17.8. The molecule has 2 N–H and O–H groups in total. The van der Waals surface area contributed by atoms with Gasteiger partial charge in [0, 0.05) is 6.04 Å². The number of hydrogen-bond donors (Lipinski definition) is 2. The summed E-state index contributed by atoms with van der Waals surface area (Å²) in [5.74, 6) is 1.33. The zero-order chi connectivity index (χ0) is 17.4. The standard InChI is InChI=1S/C18H23N3O2S/c1-10(2)12-5-7-13(8-6-12)16-15-17(19-14(22)9-24-16)21(11(3)4)20-18(15)23/h5-8,10-11,16H,9H2,1-4H3,(H,19,22)(H,20,23)/t16-/m0/s1. The Hall–Kier alpha value is -1.95. The quantitative estimate of drug-likeness (QED) is 0.892. The lowest BCUT2D eigenvalue weighted by Gasteiger charge is -2.16. The smallest absolute Gasteiger partial charge is 0.270 e. The summed E-state index contributed by atoms with van der Waals surface area (Å²) >= 11 is 1.50. The van der Waals surface area contributed by atoms with Gasteiger partial charge in [0.1, 0.15) is 5.82 Å². The molecule has 1 atom stereocenters. The summed E-state index contributed by atoms with van der Waals surface area (Å²) in [6, 6.07) is 8.41. The van der Waals surface area contributed by atoms with Crippen LogP contribution in [-0.4, -0.2) is 21.4 Å². The lowest BCUT2D eigenvalue weighted by atomic mass is 9.99. The minimum Gasteiger partial charge on any atom is -0.310 e. The molecule has 0 aliphatic carbocycles. The number of rotatable bonds is 3. The second kappa shape index (κ2) is 6.51. The minimum atomic E-state index is -0.149. The molecule has 0 saturated carbocycles. The molecule has 1 amide bonds. The van der Waals surface area contributed by atoms with Crippen molar-refractivity contribution in [3.63, 3.8) is 0 Å². The van der Waals surface area contributed by atoms with Crippen LogP contribution in [-0.2, 0) is 4.79 Å². The van der Waals surface area contributed by atoms with Crippen LogP contribution >= 0.6 is 11.8 Å². The summed E-state index contributed by atoms with van der Waals surface area (Å²) in [5, 5.41) is 5.61. The minimum absolute atomic E-state index is 0.0637. The fourth-order valence-electron chi connectivity index (χ4n) is 2.95. The van der Waals surface area contributed by atoms with Gasteiger partial charge in [0.2, 0.25) is 5.91 Å². The molecule has 5 nitrogen and oxygen atoms in total. The molecule has 0 spiro atoms. The molecule has 1 aromatic carbocycles. The van der Waals surface area contributed by atoms with E-state index in [9.17, 15) is 9.59 Å². The van der Waals surface area contributed by atoms with E-state index in [1.165, 1.54) is 17.3 Å². The van der Waals surface area contributed by atoms with E-state index in [2.05, 4.69) is 48.5 Å². The molecular formula is C18H23N3O2S. The van der Waals surface area contributed by atoms with Crippen molar-refractivity contribution in [1.82, 2.24) is 9.78 Å². The number of nitrogens with zero attached hydrogens (tertiary/aromatic N) is 1. The Morgan fingerprint density at radius 2 is 1.79 bits per heavy atom. The van der Waals surface area contributed by atoms with Gasteiger partial charge in [-0.25, -0.2) is 0 Å². The zero-order valence-electron chi connectivity index (χ0n) is 14.4. The third-order valence-electron chi connectivity index (χ3n) is 4.29. The molecule has 2 heterocycles. The molecule has 0 unspecified atom stereocenters. The predicted octanol–water partition coefficient (Wildman–Crippen LogP) is 3.66. The molecule has 1 aliphatic rings. The van der Waals surface area contributed by atoms with Crippen molar-refractivity contribution >= 4 is 23.5 Å². The Balaban J connectivity index is 2.10. The average Bonchev–Trinajstić information content (AvgIpc) is 2.75. The van der Waals surface area contributed by atoms with Gasteiger partial charge in [-0.3, -0.25) is 19.4 Å². The van der Waals surface area contributed by atoms with Crippen LogP contribution in [0.3, 0.4) is 0 Å². The van der Waals surface area contributed by atoms with Crippen LogP contribution in [0.2, 0.25) is 0 Å². The summed E-state index contributed by atoms with van der Waals surface area (Å²) in [6.07, 6.45) is 0. The number of amides is 1. The summed E-state index contributed by atoms with van der Waals surface area (Å²) < 4.78 is 1.75. The van der Waals surface area contributed by atoms with Crippen LogP contribution in [0.1, 0.15) is 61.6 Å². The number of thioether (sulfide) groups is 1. The van der Waals surface area contributed by atoms with Crippen LogP contribution in [0.4, 0.5) is 5.82 Å². The fraction of sp³-hybridized carbons (Fsp3) is 0.444. The van der Waals surface area contributed by atoms with E-state index in [0.717, 1.165) is 5.56 Å². The van der Waals surface area contributed by atoms with Gasteiger partial charge in [-0.05, 0) is 30.9 Å². The highest BCUT2D eigenvalue weighted by Gasteiger charge is 2.30. The molecular weight excluding hydrogens is 322 g/mol. The summed E-state index contributed by atoms with van der Waals surface area (Å²) in [6.45, 7) is 8.27. The van der Waals surface area contributed by atoms with Gasteiger partial charge in [-0.1, -0.05) is 38.1 Å². The molecule has 0 bridgehead atoms. The Morgan fingerprint density at radius 3 is 2.38 bits per heavy atom. The second-order valence-corrected chi connectivity index (χ2v) is 7.82.